The molecule has 6 nitrogen and oxygen atoms in total. The molecule has 0 radical (unpaired) electrons. The molecule has 162 valence electrons. The van der Waals surface area contributed by atoms with Gasteiger partial charge in [0.2, 0.25) is 5.75 Å². The first-order chi connectivity index (χ1) is 15.6. The van der Waals surface area contributed by atoms with Gasteiger partial charge in [-0.05, 0) is 35.4 Å². The van der Waals surface area contributed by atoms with E-state index >= 15 is 0 Å². The van der Waals surface area contributed by atoms with Gasteiger partial charge in [-0.25, -0.2) is 5.01 Å². The Morgan fingerprint density at radius 3 is 2.19 bits per heavy atom. The lowest BCUT2D eigenvalue weighted by atomic mass is 10.0. The number of hydrazone groups is 1. The maximum absolute atomic E-state index is 12.4. The van der Waals surface area contributed by atoms with E-state index in [1.807, 2.05) is 78.9 Å². The van der Waals surface area contributed by atoms with Crippen molar-refractivity contribution >= 4 is 29.5 Å². The molecule has 4 rings (SSSR count). The second kappa shape index (κ2) is 9.39. The van der Waals surface area contributed by atoms with E-state index in [1.165, 1.54) is 5.01 Å². The third kappa shape index (κ3) is 4.21. The number of nitrogens with zero attached hydrogens (tertiary/aromatic N) is 2. The average molecular weight is 428 g/mol. The number of para-hydroxylation sites is 1. The van der Waals surface area contributed by atoms with Crippen LogP contribution in [-0.4, -0.2) is 32.9 Å². The van der Waals surface area contributed by atoms with Crippen LogP contribution < -0.4 is 19.2 Å². The van der Waals surface area contributed by atoms with Gasteiger partial charge in [0, 0.05) is 5.56 Å². The fourth-order valence-corrected chi connectivity index (χ4v) is 3.59. The van der Waals surface area contributed by atoms with Crippen molar-refractivity contribution in [3.8, 4) is 17.2 Å². The lowest BCUT2D eigenvalue weighted by molar-refractivity contribution is -0.116. The highest BCUT2D eigenvalue weighted by molar-refractivity contribution is 6.19. The Bertz CT molecular complexity index is 1170. The van der Waals surface area contributed by atoms with Gasteiger partial charge in [0.1, 0.15) is 0 Å². The first kappa shape index (κ1) is 21.2. The molecular formula is C26H24N2O4. The summed E-state index contributed by atoms with van der Waals surface area (Å²) in [5, 5.41) is 6.00. The standard InChI is InChI=1S/C26H24N2O4/c1-30-23-16-15-20(25(31-2)26(23)32-3)14-11-18-9-12-19(13-10-18)22-17-24(29)28(27-22)21-7-5-4-6-8-21/h4-16H,17H2,1-3H3. The molecule has 1 heterocycles. The third-order valence-corrected chi connectivity index (χ3v) is 5.21. The van der Waals surface area contributed by atoms with Gasteiger partial charge in [-0.2, -0.15) is 5.10 Å². The maximum Gasteiger partial charge on any atom is 0.253 e. The van der Waals surface area contributed by atoms with Crippen LogP contribution in [-0.2, 0) is 4.79 Å². The normalized spacial score (nSPS) is 13.4. The predicted octanol–water partition coefficient (Wildman–Crippen LogP) is 5.02. The Morgan fingerprint density at radius 2 is 1.53 bits per heavy atom. The lowest BCUT2D eigenvalue weighted by Gasteiger charge is -2.14. The van der Waals surface area contributed by atoms with Crippen molar-refractivity contribution in [2.24, 2.45) is 5.10 Å². The van der Waals surface area contributed by atoms with Crippen molar-refractivity contribution < 1.29 is 19.0 Å². The number of carbonyl (C=O) groups is 1. The van der Waals surface area contributed by atoms with Crippen LogP contribution in [0.25, 0.3) is 12.2 Å². The van der Waals surface area contributed by atoms with Gasteiger partial charge >= 0.3 is 0 Å². The van der Waals surface area contributed by atoms with Gasteiger partial charge in [-0.1, -0.05) is 54.6 Å². The summed E-state index contributed by atoms with van der Waals surface area (Å²) in [6.45, 7) is 0. The van der Waals surface area contributed by atoms with E-state index in [0.717, 1.165) is 28.1 Å². The molecule has 0 aromatic heterocycles. The van der Waals surface area contributed by atoms with Crippen LogP contribution in [0.1, 0.15) is 23.1 Å². The number of ether oxygens (including phenoxy) is 3. The van der Waals surface area contributed by atoms with E-state index in [9.17, 15) is 4.79 Å². The van der Waals surface area contributed by atoms with Crippen LogP contribution in [0.4, 0.5) is 5.69 Å². The van der Waals surface area contributed by atoms with Crippen LogP contribution in [0, 0.1) is 0 Å². The molecule has 1 aliphatic rings. The zero-order valence-corrected chi connectivity index (χ0v) is 18.2. The van der Waals surface area contributed by atoms with Gasteiger partial charge in [0.05, 0.1) is 39.1 Å². The highest BCUT2D eigenvalue weighted by Crippen LogP contribution is 2.40. The number of amides is 1. The zero-order valence-electron chi connectivity index (χ0n) is 18.2. The predicted molar refractivity (Wildman–Crippen MR) is 127 cm³/mol. The van der Waals surface area contributed by atoms with Gasteiger partial charge in [-0.3, -0.25) is 4.79 Å². The van der Waals surface area contributed by atoms with Crippen LogP contribution in [0.15, 0.2) is 71.8 Å². The summed E-state index contributed by atoms with van der Waals surface area (Å²) in [7, 11) is 4.78. The highest BCUT2D eigenvalue weighted by atomic mass is 16.5. The Hall–Kier alpha value is -4.06. The molecule has 3 aromatic carbocycles. The Balaban J connectivity index is 1.54. The third-order valence-electron chi connectivity index (χ3n) is 5.21. The minimum Gasteiger partial charge on any atom is -0.493 e. The van der Waals surface area contributed by atoms with Crippen LogP contribution in [0.3, 0.4) is 0 Å². The second-order valence-corrected chi connectivity index (χ2v) is 7.14. The summed E-state index contributed by atoms with van der Waals surface area (Å²) < 4.78 is 16.3. The smallest absolute Gasteiger partial charge is 0.253 e. The minimum absolute atomic E-state index is 0.0317. The van der Waals surface area contributed by atoms with Crippen molar-refractivity contribution in [1.82, 2.24) is 0 Å². The monoisotopic (exact) mass is 428 g/mol. The van der Waals surface area contributed by atoms with Gasteiger partial charge in [0.25, 0.3) is 5.91 Å². The molecule has 0 N–H and O–H groups in total. The summed E-state index contributed by atoms with van der Waals surface area (Å²) in [6, 6.07) is 21.2. The fraction of sp³-hybridized carbons (Fsp3) is 0.154. The first-order valence-corrected chi connectivity index (χ1v) is 10.2. The second-order valence-electron chi connectivity index (χ2n) is 7.14. The quantitative estimate of drug-likeness (QED) is 0.496. The number of methoxy groups -OCH3 is 3. The molecule has 0 saturated carbocycles. The van der Waals surface area contributed by atoms with Crippen LogP contribution >= 0.6 is 0 Å². The van der Waals surface area contributed by atoms with E-state index in [0.29, 0.717) is 17.2 Å². The molecule has 0 saturated heterocycles. The van der Waals surface area contributed by atoms with E-state index in [-0.39, 0.29) is 12.3 Å². The molecule has 1 aliphatic heterocycles. The number of carbonyl (C=O) groups excluding carboxylic acids is 1. The van der Waals surface area contributed by atoms with Crippen LogP contribution in [0.2, 0.25) is 0 Å². The Kier molecular flexibility index (Phi) is 6.22. The van der Waals surface area contributed by atoms with Crippen molar-refractivity contribution in [2.75, 3.05) is 26.3 Å². The number of hydrogen-bond acceptors (Lipinski definition) is 5. The maximum atomic E-state index is 12.4. The van der Waals surface area contributed by atoms with Crippen molar-refractivity contribution in [3.63, 3.8) is 0 Å². The number of hydrogen-bond donors (Lipinski definition) is 0. The van der Waals surface area contributed by atoms with E-state index in [2.05, 4.69) is 5.10 Å². The van der Waals surface area contributed by atoms with Crippen molar-refractivity contribution in [1.29, 1.82) is 0 Å². The summed E-state index contributed by atoms with van der Waals surface area (Å²) in [5.74, 6) is 1.75. The highest BCUT2D eigenvalue weighted by Gasteiger charge is 2.25. The average Bonchev–Trinajstić information content (AvgIpc) is 3.24. The topological polar surface area (TPSA) is 60.4 Å². The Morgan fingerprint density at radius 1 is 0.812 bits per heavy atom. The molecule has 0 bridgehead atoms. The number of benzene rings is 3. The molecule has 0 unspecified atom stereocenters. The number of anilines is 1. The molecule has 0 fully saturated rings. The van der Waals surface area contributed by atoms with Gasteiger partial charge < -0.3 is 14.2 Å². The Labute approximate surface area is 187 Å². The van der Waals surface area contributed by atoms with Gasteiger partial charge in [0.15, 0.2) is 11.5 Å². The molecular weight excluding hydrogens is 404 g/mol. The largest absolute Gasteiger partial charge is 0.493 e. The SMILES string of the molecule is COc1ccc(C=Cc2ccc(C3=NN(c4ccccc4)C(=O)C3)cc2)c(OC)c1OC. The van der Waals surface area contributed by atoms with E-state index < -0.39 is 0 Å². The molecule has 6 heteroatoms. The van der Waals surface area contributed by atoms with Crippen molar-refractivity contribution in [2.45, 2.75) is 6.42 Å². The molecule has 0 spiro atoms. The zero-order chi connectivity index (χ0) is 22.5. The fourth-order valence-electron chi connectivity index (χ4n) is 3.59. The minimum atomic E-state index is -0.0317. The summed E-state index contributed by atoms with van der Waals surface area (Å²) >= 11 is 0. The molecule has 0 atom stereocenters. The first-order valence-electron chi connectivity index (χ1n) is 10.2. The molecule has 1 amide bonds. The molecule has 0 aliphatic carbocycles. The van der Waals surface area contributed by atoms with E-state index in [1.54, 1.807) is 21.3 Å². The van der Waals surface area contributed by atoms with Crippen molar-refractivity contribution in [3.05, 3.63) is 83.4 Å². The lowest BCUT2D eigenvalue weighted by Crippen LogP contribution is -2.19. The van der Waals surface area contributed by atoms with Crippen LogP contribution in [0.5, 0.6) is 17.2 Å². The summed E-state index contributed by atoms with van der Waals surface area (Å²) in [5.41, 5.74) is 4.35. The summed E-state index contributed by atoms with van der Waals surface area (Å²) in [6.07, 6.45) is 4.24. The summed E-state index contributed by atoms with van der Waals surface area (Å²) in [4.78, 5) is 12.4. The van der Waals surface area contributed by atoms with E-state index in [4.69, 9.17) is 14.2 Å². The molecule has 32 heavy (non-hydrogen) atoms. The number of rotatable bonds is 7. The van der Waals surface area contributed by atoms with Gasteiger partial charge in [-0.15, -0.1) is 0 Å². The molecule has 3 aromatic rings.